The van der Waals surface area contributed by atoms with E-state index in [1.807, 2.05) is 56.0 Å². The Morgan fingerprint density at radius 1 is 0.956 bits per heavy atom. The average Bonchev–Trinajstić information content (AvgIpc) is 3.37. The van der Waals surface area contributed by atoms with Gasteiger partial charge in [-0.2, -0.15) is 0 Å². The van der Waals surface area contributed by atoms with Crippen molar-refractivity contribution in [3.63, 3.8) is 0 Å². The fourth-order valence-electron chi connectivity index (χ4n) is 6.53. The van der Waals surface area contributed by atoms with Gasteiger partial charge in [0.25, 0.3) is 0 Å². The van der Waals surface area contributed by atoms with Crippen molar-refractivity contribution < 1.29 is 19.0 Å². The first-order chi connectivity index (χ1) is 21.7. The van der Waals surface area contributed by atoms with Gasteiger partial charge in [-0.25, -0.2) is 9.78 Å². The first-order valence-corrected chi connectivity index (χ1v) is 17.3. The van der Waals surface area contributed by atoms with Crippen LogP contribution < -0.4 is 9.47 Å². The van der Waals surface area contributed by atoms with Crippen LogP contribution in [-0.4, -0.2) is 69.9 Å². The van der Waals surface area contributed by atoms with Crippen LogP contribution in [0.25, 0.3) is 11.0 Å². The predicted molar refractivity (Wildman–Crippen MR) is 180 cm³/mol. The molecule has 2 saturated heterocycles. The van der Waals surface area contributed by atoms with Gasteiger partial charge in [0.05, 0.1) is 12.1 Å². The number of rotatable bonds is 12. The number of likely N-dealkylation sites (tertiary alicyclic amines) is 2. The molecule has 1 amide bonds. The molecule has 3 heterocycles. The Morgan fingerprint density at radius 3 is 2.47 bits per heavy atom. The minimum atomic E-state index is -0.465. The van der Waals surface area contributed by atoms with Crippen LogP contribution in [0.5, 0.6) is 11.5 Å². The van der Waals surface area contributed by atoms with E-state index in [1.54, 1.807) is 0 Å². The molecule has 5 rings (SSSR count). The number of carbonyl (C=O) groups is 1. The Hall–Kier alpha value is -2.97. The Bertz CT molecular complexity index is 1380. The molecule has 0 saturated carbocycles. The van der Waals surface area contributed by atoms with Gasteiger partial charge < -0.3 is 28.6 Å². The summed E-state index contributed by atoms with van der Waals surface area (Å²) in [6.07, 6.45) is 8.87. The Kier molecular flexibility index (Phi) is 11.5. The number of piperidine rings is 2. The lowest BCUT2D eigenvalue weighted by molar-refractivity contribution is 0.0180. The molecular formula is C36H51ClN4O4. The molecule has 0 bridgehead atoms. The van der Waals surface area contributed by atoms with Crippen molar-refractivity contribution in [3.05, 3.63) is 53.3 Å². The normalized spacial score (nSPS) is 18.3. The molecule has 8 nitrogen and oxygen atoms in total. The lowest BCUT2D eigenvalue weighted by Gasteiger charge is -2.33. The average molecular weight is 639 g/mol. The van der Waals surface area contributed by atoms with E-state index in [2.05, 4.69) is 28.5 Å². The molecule has 3 aromatic rings. The zero-order valence-corrected chi connectivity index (χ0v) is 28.4. The van der Waals surface area contributed by atoms with E-state index in [-0.39, 0.29) is 6.09 Å². The molecule has 0 radical (unpaired) electrons. The predicted octanol–water partition coefficient (Wildman–Crippen LogP) is 8.34. The van der Waals surface area contributed by atoms with Gasteiger partial charge in [0.1, 0.15) is 35.0 Å². The number of nitrogens with zero attached hydrogens (tertiary/aromatic N) is 4. The fourth-order valence-corrected chi connectivity index (χ4v) is 6.66. The maximum absolute atomic E-state index is 12.5. The molecule has 2 fully saturated rings. The van der Waals surface area contributed by atoms with E-state index >= 15 is 0 Å². The fraction of sp³-hybridized carbons (Fsp3) is 0.611. The molecule has 246 valence electrons. The number of aromatic nitrogens is 2. The van der Waals surface area contributed by atoms with Crippen LogP contribution in [0.4, 0.5) is 4.79 Å². The summed E-state index contributed by atoms with van der Waals surface area (Å²) in [5, 5.41) is 0.683. The van der Waals surface area contributed by atoms with E-state index in [9.17, 15) is 4.79 Å². The molecule has 1 unspecified atom stereocenters. The molecular weight excluding hydrogens is 588 g/mol. The molecule has 1 atom stereocenters. The van der Waals surface area contributed by atoms with E-state index in [1.165, 1.54) is 25.8 Å². The highest BCUT2D eigenvalue weighted by molar-refractivity contribution is 6.30. The lowest BCUT2D eigenvalue weighted by Crippen LogP contribution is -2.41. The molecule has 2 aromatic carbocycles. The van der Waals surface area contributed by atoms with Gasteiger partial charge in [0.15, 0.2) is 0 Å². The zero-order valence-electron chi connectivity index (χ0n) is 27.6. The first-order valence-electron chi connectivity index (χ1n) is 16.9. The smallest absolute Gasteiger partial charge is 0.410 e. The van der Waals surface area contributed by atoms with Gasteiger partial charge in [-0.1, -0.05) is 24.1 Å². The zero-order chi connectivity index (χ0) is 31.8. The van der Waals surface area contributed by atoms with E-state index < -0.39 is 5.60 Å². The van der Waals surface area contributed by atoms with Gasteiger partial charge >= 0.3 is 6.09 Å². The van der Waals surface area contributed by atoms with Crippen LogP contribution in [0.15, 0.2) is 42.5 Å². The Morgan fingerprint density at radius 2 is 1.73 bits per heavy atom. The van der Waals surface area contributed by atoms with E-state index in [0.717, 1.165) is 86.6 Å². The molecule has 45 heavy (non-hydrogen) atoms. The monoisotopic (exact) mass is 638 g/mol. The summed E-state index contributed by atoms with van der Waals surface area (Å²) in [7, 11) is 0. The summed E-state index contributed by atoms with van der Waals surface area (Å²) in [5.74, 6) is 3.07. The van der Waals surface area contributed by atoms with Crippen LogP contribution in [0, 0.1) is 5.92 Å². The number of aryl methyl sites for hydroxylation is 1. The summed E-state index contributed by atoms with van der Waals surface area (Å²) in [6.45, 7) is 13.7. The summed E-state index contributed by atoms with van der Waals surface area (Å²) in [5.41, 5.74) is 1.50. The van der Waals surface area contributed by atoms with Crippen molar-refractivity contribution in [1.82, 2.24) is 19.4 Å². The van der Waals surface area contributed by atoms with Crippen LogP contribution in [0.2, 0.25) is 5.02 Å². The highest BCUT2D eigenvalue weighted by atomic mass is 35.5. The molecule has 2 aliphatic heterocycles. The van der Waals surface area contributed by atoms with E-state index in [4.69, 9.17) is 30.8 Å². The van der Waals surface area contributed by atoms with Gasteiger partial charge in [0, 0.05) is 37.2 Å². The quantitative estimate of drug-likeness (QED) is 0.186. The molecule has 0 spiro atoms. The molecule has 2 aliphatic rings. The third-order valence-electron chi connectivity index (χ3n) is 9.05. The van der Waals surface area contributed by atoms with Crippen molar-refractivity contribution in [2.24, 2.45) is 5.92 Å². The standard InChI is InChI=1S/C36H51ClN4O4/c1-27-10-5-6-20-39(27)21-9-25-43-32-13-7-12-31-34(32)38-33(26-44-30-16-14-29(37)15-17-30)41(31)22-8-11-28-18-23-40(24-19-28)35(42)45-36(2,3)4/h7,12-17,27-28H,5-6,8-11,18-26H2,1-4H3. The number of fused-ring (bicyclic) bond motifs is 1. The van der Waals surface area contributed by atoms with Crippen molar-refractivity contribution in [2.45, 2.75) is 104 Å². The molecule has 9 heteroatoms. The van der Waals surface area contributed by atoms with Crippen molar-refractivity contribution >= 4 is 28.7 Å². The SMILES string of the molecule is CC1CCCCN1CCCOc1cccc2c1nc(COc1ccc(Cl)cc1)n2CCCC1CCN(C(=O)OC(C)(C)C)CC1. The van der Waals surface area contributed by atoms with Crippen LogP contribution in [0.3, 0.4) is 0 Å². The third-order valence-corrected chi connectivity index (χ3v) is 9.30. The second-order valence-electron chi connectivity index (χ2n) is 13.7. The minimum absolute atomic E-state index is 0.199. The van der Waals surface area contributed by atoms with Crippen molar-refractivity contribution in [3.8, 4) is 11.5 Å². The number of halogens is 1. The number of hydrogen-bond donors (Lipinski definition) is 0. The Labute approximate surface area is 274 Å². The first kappa shape index (κ1) is 33.4. The maximum Gasteiger partial charge on any atom is 0.410 e. The number of amides is 1. The highest BCUT2D eigenvalue weighted by Gasteiger charge is 2.27. The van der Waals surface area contributed by atoms with Crippen molar-refractivity contribution in [1.29, 1.82) is 0 Å². The van der Waals surface area contributed by atoms with E-state index in [0.29, 0.717) is 30.2 Å². The maximum atomic E-state index is 12.5. The van der Waals surface area contributed by atoms with Crippen molar-refractivity contribution in [2.75, 3.05) is 32.8 Å². The second-order valence-corrected chi connectivity index (χ2v) is 14.1. The van der Waals surface area contributed by atoms with Gasteiger partial charge in [-0.15, -0.1) is 0 Å². The van der Waals surface area contributed by atoms with Crippen LogP contribution >= 0.6 is 11.6 Å². The number of imidazole rings is 1. The van der Waals surface area contributed by atoms with Crippen LogP contribution in [-0.2, 0) is 17.9 Å². The minimum Gasteiger partial charge on any atom is -0.491 e. The van der Waals surface area contributed by atoms with Gasteiger partial charge in [-0.3, -0.25) is 0 Å². The summed E-state index contributed by atoms with van der Waals surface area (Å²) >= 11 is 6.08. The second kappa shape index (κ2) is 15.5. The number of para-hydroxylation sites is 1. The third kappa shape index (κ3) is 9.52. The Balaban J connectivity index is 1.21. The summed E-state index contributed by atoms with van der Waals surface area (Å²) < 4.78 is 20.4. The van der Waals surface area contributed by atoms with Crippen LogP contribution in [0.1, 0.15) is 84.9 Å². The largest absolute Gasteiger partial charge is 0.491 e. The topological polar surface area (TPSA) is 69.1 Å². The number of ether oxygens (including phenoxy) is 3. The molecule has 0 N–H and O–H groups in total. The number of benzene rings is 2. The number of carbonyl (C=O) groups excluding carboxylic acids is 1. The molecule has 0 aliphatic carbocycles. The summed E-state index contributed by atoms with van der Waals surface area (Å²) in [4.78, 5) is 22.0. The summed E-state index contributed by atoms with van der Waals surface area (Å²) in [6, 6.07) is 14.3. The lowest BCUT2D eigenvalue weighted by atomic mass is 9.92. The number of hydrogen-bond acceptors (Lipinski definition) is 6. The van der Waals surface area contributed by atoms with Gasteiger partial charge in [-0.05, 0) is 122 Å². The molecule has 1 aromatic heterocycles. The van der Waals surface area contributed by atoms with Gasteiger partial charge in [0.2, 0.25) is 0 Å². The highest BCUT2D eigenvalue weighted by Crippen LogP contribution is 2.29.